The number of halogens is 2. The molecule has 0 aliphatic heterocycles. The van der Waals surface area contributed by atoms with Gasteiger partial charge in [-0.1, -0.05) is 11.6 Å². The van der Waals surface area contributed by atoms with Gasteiger partial charge in [-0.05, 0) is 28.4 Å². The normalized spacial score (nSPS) is 9.56. The number of rotatable bonds is 4. The van der Waals surface area contributed by atoms with Crippen molar-refractivity contribution in [2.45, 2.75) is 12.8 Å². The van der Waals surface area contributed by atoms with Crippen molar-refractivity contribution in [3.05, 3.63) is 27.5 Å². The molecule has 84 valence electrons. The van der Waals surface area contributed by atoms with Crippen LogP contribution in [0.3, 0.4) is 0 Å². The first kappa shape index (κ1) is 13.0. The fraction of sp³-hybridized carbons (Fsp3) is 0.273. The van der Waals surface area contributed by atoms with E-state index >= 15 is 0 Å². The number of amides is 1. The number of carbonyl (C=O) groups excluding carboxylic acids is 1. The highest BCUT2D eigenvalue weighted by Gasteiger charge is 2.10. The third-order valence-corrected chi connectivity index (χ3v) is 2.57. The number of aromatic nitrogens is 1. The van der Waals surface area contributed by atoms with Gasteiger partial charge in [0.15, 0.2) is 0 Å². The minimum atomic E-state index is -0.240. The maximum absolute atomic E-state index is 11.7. The van der Waals surface area contributed by atoms with Crippen molar-refractivity contribution in [3.63, 3.8) is 0 Å². The molecule has 1 amide bonds. The van der Waals surface area contributed by atoms with Crippen LogP contribution in [0.1, 0.15) is 23.2 Å². The van der Waals surface area contributed by atoms with Crippen molar-refractivity contribution >= 4 is 33.4 Å². The molecule has 0 radical (unpaired) electrons. The van der Waals surface area contributed by atoms with Crippen molar-refractivity contribution in [2.75, 3.05) is 6.54 Å². The fourth-order valence-electron chi connectivity index (χ4n) is 1.07. The zero-order chi connectivity index (χ0) is 12.0. The lowest BCUT2D eigenvalue weighted by atomic mass is 10.2. The molecule has 0 unspecified atom stereocenters. The molecule has 1 heterocycles. The van der Waals surface area contributed by atoms with Gasteiger partial charge >= 0.3 is 0 Å². The summed E-state index contributed by atoms with van der Waals surface area (Å²) < 4.78 is 0.714. The van der Waals surface area contributed by atoms with Gasteiger partial charge in [0.1, 0.15) is 5.15 Å². The minimum absolute atomic E-state index is 0.192. The number of unbranched alkanes of at least 4 members (excludes halogenated alkanes) is 1. The standard InChI is InChI=1S/C11H10BrClN2O/c1-2-3-4-5-14-11(16)9-6-8(12)7-15-10(9)13/h1,6-7H,3-5H2,(H,14,16). The van der Waals surface area contributed by atoms with Crippen LogP contribution in [0.5, 0.6) is 0 Å². The summed E-state index contributed by atoms with van der Waals surface area (Å²) in [5.74, 6) is 2.26. The molecule has 0 spiro atoms. The number of pyridine rings is 1. The van der Waals surface area contributed by atoms with E-state index in [4.69, 9.17) is 18.0 Å². The summed E-state index contributed by atoms with van der Waals surface area (Å²) in [7, 11) is 0. The second kappa shape index (κ2) is 6.51. The summed E-state index contributed by atoms with van der Waals surface area (Å²) in [5.41, 5.74) is 0.358. The molecular weight excluding hydrogens is 291 g/mol. The average molecular weight is 302 g/mol. The van der Waals surface area contributed by atoms with Crippen LogP contribution in [0.2, 0.25) is 5.15 Å². The Morgan fingerprint density at radius 2 is 2.44 bits per heavy atom. The summed E-state index contributed by atoms with van der Waals surface area (Å²) in [5, 5.41) is 2.91. The van der Waals surface area contributed by atoms with E-state index in [0.29, 0.717) is 23.0 Å². The zero-order valence-electron chi connectivity index (χ0n) is 8.46. The van der Waals surface area contributed by atoms with E-state index in [-0.39, 0.29) is 11.1 Å². The highest BCUT2D eigenvalue weighted by Crippen LogP contribution is 2.17. The molecule has 0 saturated carbocycles. The van der Waals surface area contributed by atoms with E-state index in [9.17, 15) is 4.79 Å². The van der Waals surface area contributed by atoms with Gasteiger partial charge in [-0.25, -0.2) is 4.98 Å². The summed E-state index contributed by atoms with van der Waals surface area (Å²) in [6.07, 6.45) is 8.03. The Morgan fingerprint density at radius 3 is 3.12 bits per heavy atom. The Labute approximate surface area is 108 Å². The van der Waals surface area contributed by atoms with Gasteiger partial charge in [0, 0.05) is 23.6 Å². The lowest BCUT2D eigenvalue weighted by Gasteiger charge is -2.05. The summed E-state index contributed by atoms with van der Waals surface area (Å²) in [6.45, 7) is 0.534. The zero-order valence-corrected chi connectivity index (χ0v) is 10.8. The van der Waals surface area contributed by atoms with E-state index in [1.165, 1.54) is 6.20 Å². The van der Waals surface area contributed by atoms with Crippen LogP contribution >= 0.6 is 27.5 Å². The van der Waals surface area contributed by atoms with Crippen molar-refractivity contribution < 1.29 is 4.79 Å². The van der Waals surface area contributed by atoms with Gasteiger partial charge in [0.2, 0.25) is 0 Å². The van der Waals surface area contributed by atoms with E-state index in [1.54, 1.807) is 6.07 Å². The van der Waals surface area contributed by atoms with Crippen molar-refractivity contribution in [1.82, 2.24) is 10.3 Å². The SMILES string of the molecule is C#CCCCNC(=O)c1cc(Br)cnc1Cl. The number of hydrogen-bond acceptors (Lipinski definition) is 2. The molecule has 5 heteroatoms. The van der Waals surface area contributed by atoms with Gasteiger partial charge in [0.05, 0.1) is 5.56 Å². The predicted molar refractivity (Wildman–Crippen MR) is 67.3 cm³/mol. The largest absolute Gasteiger partial charge is 0.352 e. The number of nitrogens with zero attached hydrogens (tertiary/aromatic N) is 1. The molecule has 0 aliphatic carbocycles. The molecule has 1 N–H and O–H groups in total. The Balaban J connectivity index is 2.59. The highest BCUT2D eigenvalue weighted by molar-refractivity contribution is 9.10. The second-order valence-electron chi connectivity index (χ2n) is 3.06. The Kier molecular flexibility index (Phi) is 5.30. The van der Waals surface area contributed by atoms with E-state index in [1.807, 2.05) is 0 Å². The van der Waals surface area contributed by atoms with Gasteiger partial charge in [-0.3, -0.25) is 4.79 Å². The monoisotopic (exact) mass is 300 g/mol. The Morgan fingerprint density at radius 1 is 1.69 bits per heavy atom. The van der Waals surface area contributed by atoms with Gasteiger partial charge in [0.25, 0.3) is 5.91 Å². The van der Waals surface area contributed by atoms with E-state index < -0.39 is 0 Å². The molecule has 0 fully saturated rings. The van der Waals surface area contributed by atoms with Crippen molar-refractivity contribution in [2.24, 2.45) is 0 Å². The Hall–Kier alpha value is -1.05. The minimum Gasteiger partial charge on any atom is -0.352 e. The predicted octanol–water partition coefficient (Wildman–Crippen LogP) is 2.64. The molecule has 0 atom stereocenters. The number of hydrogen-bond donors (Lipinski definition) is 1. The third kappa shape index (κ3) is 3.84. The third-order valence-electron chi connectivity index (χ3n) is 1.83. The maximum atomic E-state index is 11.7. The molecule has 0 saturated heterocycles. The lowest BCUT2D eigenvalue weighted by molar-refractivity contribution is 0.0953. The fourth-order valence-corrected chi connectivity index (χ4v) is 1.59. The molecule has 16 heavy (non-hydrogen) atoms. The number of nitrogens with one attached hydrogen (secondary N) is 1. The van der Waals surface area contributed by atoms with E-state index in [2.05, 4.69) is 32.2 Å². The lowest BCUT2D eigenvalue weighted by Crippen LogP contribution is -2.24. The first-order valence-corrected chi connectivity index (χ1v) is 5.85. The smallest absolute Gasteiger partial charge is 0.254 e. The molecule has 1 rings (SSSR count). The number of terminal acetylenes is 1. The first-order chi connectivity index (χ1) is 7.65. The topological polar surface area (TPSA) is 42.0 Å². The summed E-state index contributed by atoms with van der Waals surface area (Å²) in [6, 6.07) is 1.63. The summed E-state index contributed by atoms with van der Waals surface area (Å²) >= 11 is 9.04. The molecule has 0 aliphatic rings. The van der Waals surface area contributed by atoms with Crippen molar-refractivity contribution in [1.29, 1.82) is 0 Å². The van der Waals surface area contributed by atoms with Crippen LogP contribution in [0, 0.1) is 12.3 Å². The molecule has 0 bridgehead atoms. The average Bonchev–Trinajstić information content (AvgIpc) is 2.27. The first-order valence-electron chi connectivity index (χ1n) is 4.68. The Bertz CT molecular complexity index is 428. The number of carbonyl (C=O) groups is 1. The van der Waals surface area contributed by atoms with Crippen LogP contribution in [0.25, 0.3) is 0 Å². The molecule has 1 aromatic heterocycles. The highest BCUT2D eigenvalue weighted by atomic mass is 79.9. The quantitative estimate of drug-likeness (QED) is 0.528. The van der Waals surface area contributed by atoms with Crippen molar-refractivity contribution in [3.8, 4) is 12.3 Å². The van der Waals surface area contributed by atoms with Gasteiger partial charge < -0.3 is 5.32 Å². The molecule has 0 aromatic carbocycles. The second-order valence-corrected chi connectivity index (χ2v) is 4.33. The summed E-state index contributed by atoms with van der Waals surface area (Å²) in [4.78, 5) is 15.5. The molecular formula is C11H10BrClN2O. The van der Waals surface area contributed by atoms with Gasteiger partial charge in [-0.15, -0.1) is 12.3 Å². The maximum Gasteiger partial charge on any atom is 0.254 e. The van der Waals surface area contributed by atoms with Crippen LogP contribution < -0.4 is 5.32 Å². The van der Waals surface area contributed by atoms with Crippen LogP contribution in [0.15, 0.2) is 16.7 Å². The molecule has 3 nitrogen and oxygen atoms in total. The molecule has 1 aromatic rings. The van der Waals surface area contributed by atoms with Crippen LogP contribution in [-0.4, -0.2) is 17.4 Å². The van der Waals surface area contributed by atoms with Gasteiger partial charge in [-0.2, -0.15) is 0 Å². The van der Waals surface area contributed by atoms with E-state index in [0.717, 1.165) is 6.42 Å². The van der Waals surface area contributed by atoms with Crippen LogP contribution in [-0.2, 0) is 0 Å². The van der Waals surface area contributed by atoms with Crippen LogP contribution in [0.4, 0.5) is 0 Å².